The molecule has 1 saturated heterocycles. The van der Waals surface area contributed by atoms with E-state index in [-0.39, 0.29) is 35.8 Å². The molecule has 10 heteroatoms. The maximum Gasteiger partial charge on any atom is 0.293 e. The second kappa shape index (κ2) is 10.1. The standard InChI is InChI=1S/C25H29N5O5/c1-16(19(7-8-26-2)29-11-9-27-10-12-29)28(3)25(33)21-5-6-23(35-21)30-15-17-13-22(34-4)20(31)14-18(17)24(30)32/h5-8,13-14,27,31H,2,9-12,15H2,1,3-4H3. The van der Waals surface area contributed by atoms with Crippen LogP contribution in [0.4, 0.5) is 5.88 Å². The fourth-order valence-corrected chi connectivity index (χ4v) is 4.23. The van der Waals surface area contributed by atoms with Gasteiger partial charge in [0.15, 0.2) is 17.3 Å². The number of hydrogen-bond donors (Lipinski definition) is 2. The van der Waals surface area contributed by atoms with Gasteiger partial charge in [0.05, 0.1) is 19.4 Å². The number of aliphatic imine (C=N–C) groups is 1. The van der Waals surface area contributed by atoms with Crippen LogP contribution < -0.4 is 15.0 Å². The first kappa shape index (κ1) is 24.1. The summed E-state index contributed by atoms with van der Waals surface area (Å²) in [5, 5.41) is 13.4. The number of carbonyl (C=O) groups is 2. The molecule has 0 radical (unpaired) electrons. The Morgan fingerprint density at radius 1 is 1.31 bits per heavy atom. The van der Waals surface area contributed by atoms with Gasteiger partial charge in [-0.15, -0.1) is 0 Å². The van der Waals surface area contributed by atoms with Gasteiger partial charge in [-0.2, -0.15) is 0 Å². The molecule has 0 saturated carbocycles. The van der Waals surface area contributed by atoms with Crippen LogP contribution in [0.3, 0.4) is 0 Å². The Morgan fingerprint density at radius 2 is 2.06 bits per heavy atom. The minimum Gasteiger partial charge on any atom is -0.504 e. The number of rotatable bonds is 7. The maximum atomic E-state index is 13.3. The van der Waals surface area contributed by atoms with Crippen molar-refractivity contribution in [1.82, 2.24) is 15.1 Å². The van der Waals surface area contributed by atoms with Crippen LogP contribution in [0.5, 0.6) is 11.5 Å². The number of ether oxygens (including phenoxy) is 1. The maximum absolute atomic E-state index is 13.3. The molecule has 2 N–H and O–H groups in total. The molecule has 1 aromatic heterocycles. The summed E-state index contributed by atoms with van der Waals surface area (Å²) in [6.07, 6.45) is 3.45. The molecule has 184 valence electrons. The predicted octanol–water partition coefficient (Wildman–Crippen LogP) is 2.58. The first-order valence-electron chi connectivity index (χ1n) is 11.2. The van der Waals surface area contributed by atoms with Crippen LogP contribution in [-0.2, 0) is 6.54 Å². The van der Waals surface area contributed by atoms with Crippen LogP contribution >= 0.6 is 0 Å². The number of amides is 2. The van der Waals surface area contributed by atoms with Crippen molar-refractivity contribution in [1.29, 1.82) is 0 Å². The van der Waals surface area contributed by atoms with E-state index in [1.807, 2.05) is 13.0 Å². The largest absolute Gasteiger partial charge is 0.504 e. The van der Waals surface area contributed by atoms with E-state index >= 15 is 0 Å². The number of anilines is 1. The smallest absolute Gasteiger partial charge is 0.293 e. The summed E-state index contributed by atoms with van der Waals surface area (Å²) >= 11 is 0. The molecule has 0 atom stereocenters. The van der Waals surface area contributed by atoms with Crippen molar-refractivity contribution in [2.75, 3.05) is 45.2 Å². The number of phenolic OH excluding ortho intramolecular Hbond substituents is 1. The first-order valence-corrected chi connectivity index (χ1v) is 11.2. The van der Waals surface area contributed by atoms with E-state index in [1.165, 1.54) is 23.0 Å². The van der Waals surface area contributed by atoms with E-state index in [1.54, 1.807) is 31.4 Å². The molecule has 0 aliphatic carbocycles. The van der Waals surface area contributed by atoms with Crippen LogP contribution in [0.2, 0.25) is 0 Å². The number of furan rings is 1. The lowest BCUT2D eigenvalue weighted by Gasteiger charge is -2.33. The summed E-state index contributed by atoms with van der Waals surface area (Å²) in [6.45, 7) is 8.92. The number of hydrogen-bond acceptors (Lipinski definition) is 8. The highest BCUT2D eigenvalue weighted by atomic mass is 16.5. The highest BCUT2D eigenvalue weighted by Crippen LogP contribution is 2.36. The summed E-state index contributed by atoms with van der Waals surface area (Å²) < 4.78 is 11.0. The molecule has 4 rings (SSSR count). The summed E-state index contributed by atoms with van der Waals surface area (Å²) in [7, 11) is 3.13. The molecule has 2 amide bonds. The zero-order valence-corrected chi connectivity index (χ0v) is 20.1. The van der Waals surface area contributed by atoms with Gasteiger partial charge in [-0.3, -0.25) is 19.5 Å². The number of piperazine rings is 1. The Labute approximate surface area is 203 Å². The topological polar surface area (TPSA) is 111 Å². The fourth-order valence-electron chi connectivity index (χ4n) is 4.23. The molecule has 2 aliphatic heterocycles. The van der Waals surface area contributed by atoms with Crippen LogP contribution in [0, 0.1) is 0 Å². The molecule has 2 aliphatic rings. The van der Waals surface area contributed by atoms with Crippen LogP contribution in [0.25, 0.3) is 0 Å². The van der Waals surface area contributed by atoms with Crippen molar-refractivity contribution < 1.29 is 23.8 Å². The fraction of sp³-hybridized carbons (Fsp3) is 0.320. The van der Waals surface area contributed by atoms with Crippen molar-refractivity contribution in [3.8, 4) is 11.5 Å². The normalized spacial score (nSPS) is 16.4. The van der Waals surface area contributed by atoms with Gasteiger partial charge >= 0.3 is 0 Å². The van der Waals surface area contributed by atoms with Crippen LogP contribution in [0.1, 0.15) is 33.4 Å². The summed E-state index contributed by atoms with van der Waals surface area (Å²) in [6, 6.07) is 6.17. The Bertz CT molecular complexity index is 1210. The van der Waals surface area contributed by atoms with Gasteiger partial charge in [-0.1, -0.05) is 0 Å². The Balaban J connectivity index is 1.56. The first-order chi connectivity index (χ1) is 16.8. The average molecular weight is 480 g/mol. The number of nitrogens with one attached hydrogen (secondary N) is 1. The number of carbonyl (C=O) groups excluding carboxylic acids is 2. The number of fused-ring (bicyclic) bond motifs is 1. The van der Waals surface area contributed by atoms with Crippen molar-refractivity contribution >= 4 is 24.4 Å². The van der Waals surface area contributed by atoms with E-state index in [2.05, 4.69) is 21.9 Å². The lowest BCUT2D eigenvalue weighted by atomic mass is 10.1. The van der Waals surface area contributed by atoms with Gasteiger partial charge in [0.25, 0.3) is 11.8 Å². The van der Waals surface area contributed by atoms with Crippen molar-refractivity contribution in [2.45, 2.75) is 13.5 Å². The number of methoxy groups -OCH3 is 1. The molecule has 0 bridgehead atoms. The van der Waals surface area contributed by atoms with E-state index in [4.69, 9.17) is 9.15 Å². The lowest BCUT2D eigenvalue weighted by Crippen LogP contribution is -2.43. The minimum absolute atomic E-state index is 0.108. The number of allylic oxidation sites excluding steroid dienone is 2. The third-order valence-electron chi connectivity index (χ3n) is 6.25. The number of nitrogens with zero attached hydrogens (tertiary/aromatic N) is 4. The average Bonchev–Trinajstić information content (AvgIpc) is 3.48. The molecule has 2 aromatic rings. The second-order valence-electron chi connectivity index (χ2n) is 8.28. The molecular weight excluding hydrogens is 450 g/mol. The Hall–Kier alpha value is -4.05. The third-order valence-corrected chi connectivity index (χ3v) is 6.25. The zero-order chi connectivity index (χ0) is 25.1. The summed E-state index contributed by atoms with van der Waals surface area (Å²) in [5.74, 6) is -0.124. The Kier molecular flexibility index (Phi) is 6.92. The lowest BCUT2D eigenvalue weighted by molar-refractivity contribution is 0.0800. The van der Waals surface area contributed by atoms with E-state index in [9.17, 15) is 14.7 Å². The SMILES string of the molecule is C=NC=CC(=C(C)N(C)C(=O)c1ccc(N2Cc3cc(OC)c(O)cc3C2=O)o1)N1CCNCC1. The number of benzene rings is 1. The highest BCUT2D eigenvalue weighted by Gasteiger charge is 2.33. The molecule has 3 heterocycles. The predicted molar refractivity (Wildman–Crippen MR) is 132 cm³/mol. The van der Waals surface area contributed by atoms with Gasteiger partial charge < -0.3 is 29.4 Å². The Morgan fingerprint density at radius 3 is 2.74 bits per heavy atom. The van der Waals surface area contributed by atoms with Gasteiger partial charge in [-0.25, -0.2) is 0 Å². The summed E-state index contributed by atoms with van der Waals surface area (Å²) in [4.78, 5) is 35.1. The van der Waals surface area contributed by atoms with Gasteiger partial charge in [-0.05, 0) is 43.5 Å². The molecule has 10 nitrogen and oxygen atoms in total. The molecule has 1 aromatic carbocycles. The quantitative estimate of drug-likeness (QED) is 0.464. The van der Waals surface area contributed by atoms with Crippen molar-refractivity contribution in [3.63, 3.8) is 0 Å². The molecular formula is C25H29N5O5. The minimum atomic E-state index is -0.343. The van der Waals surface area contributed by atoms with Crippen LogP contribution in [-0.4, -0.2) is 73.8 Å². The number of aromatic hydroxyl groups is 1. The highest BCUT2D eigenvalue weighted by molar-refractivity contribution is 6.10. The summed E-state index contributed by atoms with van der Waals surface area (Å²) in [5.41, 5.74) is 2.68. The second-order valence-corrected chi connectivity index (χ2v) is 8.28. The monoisotopic (exact) mass is 479 g/mol. The molecule has 0 unspecified atom stereocenters. The van der Waals surface area contributed by atoms with E-state index in [0.717, 1.165) is 37.6 Å². The van der Waals surface area contributed by atoms with Crippen molar-refractivity contribution in [3.05, 3.63) is 64.8 Å². The van der Waals surface area contributed by atoms with Gasteiger partial charge in [0.2, 0.25) is 5.88 Å². The van der Waals surface area contributed by atoms with E-state index < -0.39 is 0 Å². The molecule has 1 fully saturated rings. The number of phenols is 1. The van der Waals surface area contributed by atoms with E-state index in [0.29, 0.717) is 16.9 Å². The third kappa shape index (κ3) is 4.65. The van der Waals surface area contributed by atoms with Crippen molar-refractivity contribution in [2.24, 2.45) is 4.99 Å². The van der Waals surface area contributed by atoms with Gasteiger partial charge in [0, 0.05) is 56.8 Å². The molecule has 0 spiro atoms. The zero-order valence-electron chi connectivity index (χ0n) is 20.1. The van der Waals surface area contributed by atoms with Gasteiger partial charge in [0.1, 0.15) is 0 Å². The molecule has 35 heavy (non-hydrogen) atoms. The van der Waals surface area contributed by atoms with Crippen LogP contribution in [0.15, 0.2) is 57.3 Å².